The lowest BCUT2D eigenvalue weighted by atomic mass is 9.87. The van der Waals surface area contributed by atoms with Gasteiger partial charge in [0.25, 0.3) is 0 Å². The van der Waals surface area contributed by atoms with Crippen LogP contribution in [0, 0.1) is 11.6 Å². The first-order valence-corrected chi connectivity index (χ1v) is 4.73. The van der Waals surface area contributed by atoms with Crippen LogP contribution in [0.3, 0.4) is 0 Å². The summed E-state index contributed by atoms with van der Waals surface area (Å²) in [5.41, 5.74) is 1.28. The van der Waals surface area contributed by atoms with E-state index in [1.54, 1.807) is 18.2 Å². The highest BCUT2D eigenvalue weighted by molar-refractivity contribution is 6.45. The number of hydrogen-bond acceptors (Lipinski definition) is 1. The summed E-state index contributed by atoms with van der Waals surface area (Å²) in [7, 11) is 0.699. The Kier molecular flexibility index (Phi) is 3.01. The number of rotatable bonds is 2. The molecule has 1 nitrogen and oxygen atoms in total. The fourth-order valence-corrected chi connectivity index (χ4v) is 1.48. The molecule has 0 amide bonds. The standard InChI is InChI=1S/C12H8BF2O/c14-10-3-1-2-8(6-10)9-4-5-11(13-16)12(15)7-9/h1-7,16H. The van der Waals surface area contributed by atoms with E-state index in [4.69, 9.17) is 5.02 Å². The maximum atomic E-state index is 13.4. The topological polar surface area (TPSA) is 20.2 Å². The van der Waals surface area contributed by atoms with E-state index in [-0.39, 0.29) is 11.3 Å². The predicted octanol–water partition coefficient (Wildman–Crippen LogP) is 1.87. The third-order valence-electron chi connectivity index (χ3n) is 2.30. The van der Waals surface area contributed by atoms with Gasteiger partial charge in [-0.05, 0) is 34.8 Å². The van der Waals surface area contributed by atoms with Crippen LogP contribution in [0.4, 0.5) is 8.78 Å². The van der Waals surface area contributed by atoms with E-state index in [0.717, 1.165) is 0 Å². The van der Waals surface area contributed by atoms with E-state index < -0.39 is 5.82 Å². The van der Waals surface area contributed by atoms with Crippen LogP contribution in [0.15, 0.2) is 42.5 Å². The normalized spacial score (nSPS) is 10.2. The van der Waals surface area contributed by atoms with Gasteiger partial charge in [0.05, 0.1) is 0 Å². The van der Waals surface area contributed by atoms with Crippen molar-refractivity contribution in [3.63, 3.8) is 0 Å². The van der Waals surface area contributed by atoms with Crippen molar-refractivity contribution in [2.45, 2.75) is 0 Å². The van der Waals surface area contributed by atoms with Crippen LogP contribution in [-0.4, -0.2) is 12.5 Å². The minimum atomic E-state index is -0.538. The van der Waals surface area contributed by atoms with Gasteiger partial charge in [-0.15, -0.1) is 0 Å². The molecular formula is C12H8BF2O. The van der Waals surface area contributed by atoms with E-state index in [9.17, 15) is 8.78 Å². The van der Waals surface area contributed by atoms with E-state index in [1.165, 1.54) is 24.3 Å². The van der Waals surface area contributed by atoms with Crippen molar-refractivity contribution in [2.75, 3.05) is 0 Å². The van der Waals surface area contributed by atoms with Gasteiger partial charge in [-0.25, -0.2) is 8.78 Å². The van der Waals surface area contributed by atoms with Crippen LogP contribution in [0.1, 0.15) is 0 Å². The summed E-state index contributed by atoms with van der Waals surface area (Å²) in [6, 6.07) is 10.2. The van der Waals surface area contributed by atoms with E-state index >= 15 is 0 Å². The average molecular weight is 217 g/mol. The molecule has 2 rings (SSSR count). The van der Waals surface area contributed by atoms with Gasteiger partial charge in [-0.2, -0.15) is 0 Å². The monoisotopic (exact) mass is 217 g/mol. The fraction of sp³-hybridized carbons (Fsp3) is 0. The lowest BCUT2D eigenvalue weighted by Crippen LogP contribution is -2.17. The lowest BCUT2D eigenvalue weighted by Gasteiger charge is -2.04. The summed E-state index contributed by atoms with van der Waals surface area (Å²) in [6.07, 6.45) is 0. The van der Waals surface area contributed by atoms with Crippen LogP contribution in [0.5, 0.6) is 0 Å². The zero-order chi connectivity index (χ0) is 11.5. The Morgan fingerprint density at radius 1 is 0.938 bits per heavy atom. The summed E-state index contributed by atoms with van der Waals surface area (Å²) in [5, 5.41) is 8.70. The van der Waals surface area contributed by atoms with Crippen LogP contribution in [0.25, 0.3) is 11.1 Å². The molecule has 4 heteroatoms. The summed E-state index contributed by atoms with van der Waals surface area (Å²) in [5.74, 6) is -0.903. The lowest BCUT2D eigenvalue weighted by molar-refractivity contribution is 0.602. The van der Waals surface area contributed by atoms with Crippen molar-refractivity contribution in [2.24, 2.45) is 0 Å². The van der Waals surface area contributed by atoms with E-state index in [0.29, 0.717) is 18.6 Å². The molecule has 0 aromatic heterocycles. The Hall–Kier alpha value is -1.68. The van der Waals surface area contributed by atoms with Gasteiger partial charge >= 0.3 is 7.48 Å². The largest absolute Gasteiger partial charge is 0.450 e. The van der Waals surface area contributed by atoms with Gasteiger partial charge in [-0.1, -0.05) is 24.3 Å². The van der Waals surface area contributed by atoms with Gasteiger partial charge in [0, 0.05) is 0 Å². The highest BCUT2D eigenvalue weighted by Gasteiger charge is 2.05. The fourth-order valence-electron chi connectivity index (χ4n) is 1.48. The molecule has 0 bridgehead atoms. The minimum Gasteiger partial charge on any atom is -0.450 e. The molecule has 0 aliphatic rings. The highest BCUT2D eigenvalue weighted by Crippen LogP contribution is 2.19. The molecule has 0 saturated heterocycles. The summed E-state index contributed by atoms with van der Waals surface area (Å²) in [6.45, 7) is 0. The van der Waals surface area contributed by atoms with Crippen molar-refractivity contribution in [3.8, 4) is 11.1 Å². The molecule has 0 fully saturated rings. The molecular weight excluding hydrogens is 209 g/mol. The maximum Gasteiger partial charge on any atom is 0.329 e. The zero-order valence-electron chi connectivity index (χ0n) is 8.32. The van der Waals surface area contributed by atoms with Crippen LogP contribution >= 0.6 is 0 Å². The van der Waals surface area contributed by atoms with Gasteiger partial charge in [0.2, 0.25) is 0 Å². The third-order valence-corrected chi connectivity index (χ3v) is 2.30. The molecule has 0 unspecified atom stereocenters. The second-order valence-corrected chi connectivity index (χ2v) is 3.38. The zero-order valence-corrected chi connectivity index (χ0v) is 8.32. The highest BCUT2D eigenvalue weighted by atomic mass is 19.1. The SMILES string of the molecule is O[B]c1ccc(-c2cccc(F)c2)cc1F. The average Bonchev–Trinajstić information content (AvgIpc) is 2.29. The van der Waals surface area contributed by atoms with Gasteiger partial charge in [-0.3, -0.25) is 0 Å². The molecule has 2 aromatic rings. The quantitative estimate of drug-likeness (QED) is 0.761. The Morgan fingerprint density at radius 3 is 2.31 bits per heavy atom. The first kappa shape index (κ1) is 10.8. The molecule has 2 aromatic carbocycles. The number of benzene rings is 2. The summed E-state index contributed by atoms with van der Waals surface area (Å²) < 4.78 is 26.3. The van der Waals surface area contributed by atoms with Crippen LogP contribution in [0.2, 0.25) is 0 Å². The number of hydrogen-bond donors (Lipinski definition) is 1. The van der Waals surface area contributed by atoms with Crippen molar-refractivity contribution >= 4 is 12.9 Å². The molecule has 0 heterocycles. The molecule has 0 spiro atoms. The third kappa shape index (κ3) is 2.12. The maximum absolute atomic E-state index is 13.4. The summed E-state index contributed by atoms with van der Waals surface area (Å²) in [4.78, 5) is 0. The van der Waals surface area contributed by atoms with Gasteiger partial charge < -0.3 is 5.02 Å². The second kappa shape index (κ2) is 4.45. The van der Waals surface area contributed by atoms with E-state index in [1.807, 2.05) is 0 Å². The molecule has 0 aliphatic carbocycles. The Labute approximate surface area is 92.6 Å². The molecule has 0 saturated carbocycles. The Bertz CT molecular complexity index is 514. The van der Waals surface area contributed by atoms with Crippen molar-refractivity contribution in [1.82, 2.24) is 0 Å². The van der Waals surface area contributed by atoms with Crippen LogP contribution < -0.4 is 5.46 Å². The van der Waals surface area contributed by atoms with Crippen LogP contribution in [-0.2, 0) is 0 Å². The second-order valence-electron chi connectivity index (χ2n) is 3.38. The molecule has 0 atom stereocenters. The Balaban J connectivity index is 2.45. The van der Waals surface area contributed by atoms with Crippen molar-refractivity contribution in [1.29, 1.82) is 0 Å². The molecule has 79 valence electrons. The van der Waals surface area contributed by atoms with Crippen molar-refractivity contribution in [3.05, 3.63) is 54.1 Å². The van der Waals surface area contributed by atoms with Crippen molar-refractivity contribution < 1.29 is 13.8 Å². The minimum absolute atomic E-state index is 0.111. The smallest absolute Gasteiger partial charge is 0.329 e. The number of halogens is 2. The Morgan fingerprint density at radius 2 is 1.69 bits per heavy atom. The van der Waals surface area contributed by atoms with E-state index in [2.05, 4.69) is 0 Å². The molecule has 0 aliphatic heterocycles. The molecule has 16 heavy (non-hydrogen) atoms. The van der Waals surface area contributed by atoms with Gasteiger partial charge in [0.15, 0.2) is 0 Å². The summed E-state index contributed by atoms with van der Waals surface area (Å²) >= 11 is 0. The molecule has 1 N–H and O–H groups in total. The molecule has 1 radical (unpaired) electrons. The van der Waals surface area contributed by atoms with Gasteiger partial charge in [0.1, 0.15) is 11.6 Å². The first-order chi connectivity index (χ1) is 7.70. The first-order valence-electron chi connectivity index (χ1n) is 4.73. The predicted molar refractivity (Wildman–Crippen MR) is 59.4 cm³/mol.